The van der Waals surface area contributed by atoms with Crippen LogP contribution in [-0.4, -0.2) is 39.3 Å². The van der Waals surface area contributed by atoms with Crippen molar-refractivity contribution in [1.82, 2.24) is 4.90 Å². The fraction of sp³-hybridized carbons (Fsp3) is 0.571. The maximum absolute atomic E-state index is 14.4. The highest BCUT2D eigenvalue weighted by Gasteiger charge is 2.33. The molecule has 1 aliphatic rings. The van der Waals surface area contributed by atoms with Crippen LogP contribution in [0.5, 0.6) is 11.5 Å². The van der Waals surface area contributed by atoms with Crippen molar-refractivity contribution in [3.8, 4) is 11.5 Å². The summed E-state index contributed by atoms with van der Waals surface area (Å²) in [5, 5.41) is 0. The number of rotatable bonds is 4. The first-order valence-electron chi connectivity index (χ1n) is 6.53. The Morgan fingerprint density at radius 2 is 2.05 bits per heavy atom. The topological polar surface area (TPSA) is 47.7 Å². The Kier molecular flexibility index (Phi) is 4.88. The maximum Gasteiger partial charge on any atom is 0.208 e. The fourth-order valence-corrected chi connectivity index (χ4v) is 3.47. The van der Waals surface area contributed by atoms with Gasteiger partial charge in [0.2, 0.25) is 5.82 Å². The van der Waals surface area contributed by atoms with Crippen molar-refractivity contribution < 1.29 is 13.9 Å². The first-order chi connectivity index (χ1) is 9.53. The summed E-state index contributed by atoms with van der Waals surface area (Å²) in [6.45, 7) is 1.55. The molecule has 0 aliphatic carbocycles. The molecule has 20 heavy (non-hydrogen) atoms. The van der Waals surface area contributed by atoms with E-state index in [1.807, 2.05) is 13.1 Å². The number of hydrogen-bond donors (Lipinski definition) is 1. The van der Waals surface area contributed by atoms with E-state index in [-0.39, 0.29) is 17.5 Å². The molecule has 0 saturated carbocycles. The van der Waals surface area contributed by atoms with Gasteiger partial charge in [-0.25, -0.2) is 0 Å². The van der Waals surface area contributed by atoms with Crippen molar-refractivity contribution in [2.24, 2.45) is 11.7 Å². The van der Waals surface area contributed by atoms with Crippen LogP contribution in [0.3, 0.4) is 0 Å². The molecule has 6 heteroatoms. The lowest BCUT2D eigenvalue weighted by Crippen LogP contribution is -2.21. The third-order valence-corrected chi connectivity index (χ3v) is 4.48. The Morgan fingerprint density at radius 1 is 1.40 bits per heavy atom. The Labute approximate surface area is 127 Å². The van der Waals surface area contributed by atoms with Crippen LogP contribution in [0.1, 0.15) is 18.0 Å². The van der Waals surface area contributed by atoms with Gasteiger partial charge in [-0.05, 0) is 47.9 Å². The second-order valence-corrected chi connectivity index (χ2v) is 5.98. The van der Waals surface area contributed by atoms with E-state index in [0.717, 1.165) is 18.5 Å². The van der Waals surface area contributed by atoms with E-state index in [0.29, 0.717) is 16.9 Å². The SMILES string of the molecule is COc1c(Br)cc(C2CC(CN)CN2C)c(OC)c1F. The van der Waals surface area contributed by atoms with Gasteiger partial charge >= 0.3 is 0 Å². The zero-order valence-electron chi connectivity index (χ0n) is 12.0. The maximum atomic E-state index is 14.4. The molecule has 1 heterocycles. The van der Waals surface area contributed by atoms with Crippen molar-refractivity contribution in [1.29, 1.82) is 0 Å². The molecule has 2 rings (SSSR count). The van der Waals surface area contributed by atoms with Crippen molar-refractivity contribution >= 4 is 15.9 Å². The molecule has 1 aromatic rings. The summed E-state index contributed by atoms with van der Waals surface area (Å²) in [4.78, 5) is 2.19. The van der Waals surface area contributed by atoms with E-state index in [1.54, 1.807) is 0 Å². The Hall–Kier alpha value is -0.850. The molecule has 0 radical (unpaired) electrons. The highest BCUT2D eigenvalue weighted by Crippen LogP contribution is 2.44. The lowest BCUT2D eigenvalue weighted by atomic mass is 9.98. The number of methoxy groups -OCH3 is 2. The highest BCUT2D eigenvalue weighted by molar-refractivity contribution is 9.10. The van der Waals surface area contributed by atoms with Crippen LogP contribution in [0, 0.1) is 11.7 Å². The Bertz CT molecular complexity index is 499. The van der Waals surface area contributed by atoms with Crippen LogP contribution in [0.25, 0.3) is 0 Å². The number of nitrogens with two attached hydrogens (primary N) is 1. The summed E-state index contributed by atoms with van der Waals surface area (Å²) >= 11 is 3.36. The number of halogens is 2. The van der Waals surface area contributed by atoms with Gasteiger partial charge in [0.05, 0.1) is 18.7 Å². The van der Waals surface area contributed by atoms with Crippen molar-refractivity contribution in [2.75, 3.05) is 34.4 Å². The van der Waals surface area contributed by atoms with Crippen LogP contribution in [0.2, 0.25) is 0 Å². The Morgan fingerprint density at radius 3 is 2.55 bits per heavy atom. The van der Waals surface area contributed by atoms with Crippen LogP contribution in [0.15, 0.2) is 10.5 Å². The zero-order valence-corrected chi connectivity index (χ0v) is 13.5. The molecule has 1 aliphatic heterocycles. The van der Waals surface area contributed by atoms with Crippen molar-refractivity contribution in [3.05, 3.63) is 21.9 Å². The molecular weight excluding hydrogens is 327 g/mol. The number of benzene rings is 1. The third kappa shape index (κ3) is 2.64. The summed E-state index contributed by atoms with van der Waals surface area (Å²) in [7, 11) is 4.94. The lowest BCUT2D eigenvalue weighted by molar-refractivity contribution is 0.294. The molecule has 1 aromatic carbocycles. The predicted molar refractivity (Wildman–Crippen MR) is 79.7 cm³/mol. The molecule has 2 atom stereocenters. The Balaban J connectivity index is 2.46. The van der Waals surface area contributed by atoms with Gasteiger partial charge in [-0.15, -0.1) is 0 Å². The van der Waals surface area contributed by atoms with Gasteiger partial charge in [0.1, 0.15) is 0 Å². The quantitative estimate of drug-likeness (QED) is 0.910. The molecule has 0 spiro atoms. The number of ether oxygens (including phenoxy) is 2. The normalized spacial score (nSPS) is 23.1. The minimum atomic E-state index is -0.469. The van der Waals surface area contributed by atoms with E-state index in [4.69, 9.17) is 15.2 Å². The third-order valence-electron chi connectivity index (χ3n) is 3.90. The summed E-state index contributed by atoms with van der Waals surface area (Å²) < 4.78 is 25.4. The number of likely N-dealkylation sites (tertiary alicyclic amines) is 1. The van der Waals surface area contributed by atoms with Gasteiger partial charge < -0.3 is 15.2 Å². The molecule has 4 nitrogen and oxygen atoms in total. The lowest BCUT2D eigenvalue weighted by Gasteiger charge is -2.23. The van der Waals surface area contributed by atoms with Crippen LogP contribution >= 0.6 is 15.9 Å². The monoisotopic (exact) mass is 346 g/mol. The van der Waals surface area contributed by atoms with Crippen molar-refractivity contribution in [3.63, 3.8) is 0 Å². The van der Waals surface area contributed by atoms with Crippen molar-refractivity contribution in [2.45, 2.75) is 12.5 Å². The van der Waals surface area contributed by atoms with Crippen LogP contribution < -0.4 is 15.2 Å². The van der Waals surface area contributed by atoms with E-state index >= 15 is 0 Å². The molecule has 1 fully saturated rings. The summed E-state index contributed by atoms with van der Waals surface area (Å²) in [5.74, 6) is 0.379. The van der Waals surface area contributed by atoms with Gasteiger partial charge in [-0.2, -0.15) is 4.39 Å². The average Bonchev–Trinajstić information content (AvgIpc) is 2.80. The van der Waals surface area contributed by atoms with E-state index in [1.165, 1.54) is 14.2 Å². The largest absolute Gasteiger partial charge is 0.493 e. The second kappa shape index (κ2) is 6.28. The van der Waals surface area contributed by atoms with Crippen LogP contribution in [0.4, 0.5) is 4.39 Å². The average molecular weight is 347 g/mol. The fourth-order valence-electron chi connectivity index (χ4n) is 2.88. The minimum absolute atomic E-state index is 0.107. The van der Waals surface area contributed by atoms with Gasteiger partial charge in [-0.1, -0.05) is 0 Å². The molecule has 0 amide bonds. The highest BCUT2D eigenvalue weighted by atomic mass is 79.9. The molecule has 112 valence electrons. The van der Waals surface area contributed by atoms with E-state index in [9.17, 15) is 4.39 Å². The van der Waals surface area contributed by atoms with Gasteiger partial charge in [-0.3, -0.25) is 4.90 Å². The second-order valence-electron chi connectivity index (χ2n) is 5.12. The summed E-state index contributed by atoms with van der Waals surface area (Å²) in [6.07, 6.45) is 0.904. The molecule has 2 N–H and O–H groups in total. The van der Waals surface area contributed by atoms with Gasteiger partial charge in [0, 0.05) is 18.2 Å². The van der Waals surface area contributed by atoms with E-state index in [2.05, 4.69) is 20.8 Å². The summed E-state index contributed by atoms with van der Waals surface area (Å²) in [6, 6.07) is 1.98. The number of nitrogens with zero attached hydrogens (tertiary/aromatic N) is 1. The molecule has 1 saturated heterocycles. The zero-order chi connectivity index (χ0) is 14.9. The molecular formula is C14H20BrFN2O2. The first-order valence-corrected chi connectivity index (χ1v) is 7.32. The molecule has 2 unspecified atom stereocenters. The smallest absolute Gasteiger partial charge is 0.208 e. The van der Waals surface area contributed by atoms with Crippen LogP contribution in [-0.2, 0) is 0 Å². The minimum Gasteiger partial charge on any atom is -0.493 e. The van der Waals surface area contributed by atoms with Gasteiger partial charge in [0.15, 0.2) is 11.5 Å². The predicted octanol–water partition coefficient (Wildman–Crippen LogP) is 2.56. The first kappa shape index (κ1) is 15.5. The van der Waals surface area contributed by atoms with Gasteiger partial charge in [0.25, 0.3) is 0 Å². The summed E-state index contributed by atoms with van der Waals surface area (Å²) in [5.41, 5.74) is 6.58. The number of hydrogen-bond acceptors (Lipinski definition) is 4. The standard InChI is InChI=1S/C14H20BrFN2O2/c1-18-7-8(6-17)4-11(18)9-5-10(15)14(20-3)12(16)13(9)19-2/h5,8,11H,4,6-7,17H2,1-3H3. The van der Waals surface area contributed by atoms with E-state index < -0.39 is 5.82 Å². The molecule has 0 bridgehead atoms. The molecule has 0 aromatic heterocycles.